The van der Waals surface area contributed by atoms with Gasteiger partial charge in [0, 0.05) is 30.3 Å². The van der Waals surface area contributed by atoms with Crippen LogP contribution in [0.25, 0.3) is 0 Å². The summed E-state index contributed by atoms with van der Waals surface area (Å²) in [6.07, 6.45) is 2.42. The van der Waals surface area contributed by atoms with E-state index in [1.807, 2.05) is 13.8 Å². The van der Waals surface area contributed by atoms with Crippen LogP contribution in [0.1, 0.15) is 55.1 Å². The molecule has 114 valence electrons. The van der Waals surface area contributed by atoms with Gasteiger partial charge < -0.3 is 16.4 Å². The third kappa shape index (κ3) is 4.73. The van der Waals surface area contributed by atoms with Crippen LogP contribution >= 0.6 is 0 Å². The van der Waals surface area contributed by atoms with E-state index in [0.717, 1.165) is 18.5 Å². The molecule has 1 heterocycles. The van der Waals surface area contributed by atoms with Crippen LogP contribution in [0, 0.1) is 0 Å². The lowest BCUT2D eigenvalue weighted by molar-refractivity contribution is -0.121. The summed E-state index contributed by atoms with van der Waals surface area (Å²) < 4.78 is 0. The maximum Gasteiger partial charge on any atom is 0.251 e. The van der Waals surface area contributed by atoms with Crippen molar-refractivity contribution in [3.8, 4) is 0 Å². The van der Waals surface area contributed by atoms with Crippen molar-refractivity contribution in [2.24, 2.45) is 0 Å². The van der Waals surface area contributed by atoms with Crippen molar-refractivity contribution in [3.05, 3.63) is 23.4 Å². The van der Waals surface area contributed by atoms with Crippen LogP contribution in [0.5, 0.6) is 0 Å². The highest BCUT2D eigenvalue weighted by Crippen LogP contribution is 2.18. The van der Waals surface area contributed by atoms with Crippen LogP contribution in [0.15, 0.2) is 12.1 Å². The van der Waals surface area contributed by atoms with Gasteiger partial charge in [-0.25, -0.2) is 4.98 Å². The van der Waals surface area contributed by atoms with Crippen LogP contribution in [0.3, 0.4) is 0 Å². The SMILES string of the molecule is CC(C)c1cc(C(=O)NCCC(=O)NC2CC2)cc(N)n1. The highest BCUT2D eigenvalue weighted by Gasteiger charge is 2.22. The number of amides is 2. The van der Waals surface area contributed by atoms with Crippen molar-refractivity contribution < 1.29 is 9.59 Å². The fraction of sp³-hybridized carbons (Fsp3) is 0.533. The van der Waals surface area contributed by atoms with Crippen molar-refractivity contribution in [1.29, 1.82) is 0 Å². The van der Waals surface area contributed by atoms with Gasteiger partial charge in [0.1, 0.15) is 5.82 Å². The van der Waals surface area contributed by atoms with E-state index in [-0.39, 0.29) is 17.7 Å². The first-order chi connectivity index (χ1) is 9.95. The third-order valence-corrected chi connectivity index (χ3v) is 3.30. The molecule has 0 saturated heterocycles. The number of nitrogens with one attached hydrogen (secondary N) is 2. The van der Waals surface area contributed by atoms with Gasteiger partial charge in [-0.3, -0.25) is 9.59 Å². The number of pyridine rings is 1. The second-order valence-electron chi connectivity index (χ2n) is 5.71. The Hall–Kier alpha value is -2.11. The number of nitrogens with zero attached hydrogens (tertiary/aromatic N) is 1. The molecule has 0 aromatic carbocycles. The van der Waals surface area contributed by atoms with E-state index in [4.69, 9.17) is 5.73 Å². The van der Waals surface area contributed by atoms with Gasteiger partial charge in [0.2, 0.25) is 5.91 Å². The van der Waals surface area contributed by atoms with Crippen molar-refractivity contribution in [2.45, 2.75) is 45.1 Å². The summed E-state index contributed by atoms with van der Waals surface area (Å²) in [5.74, 6) is 0.280. The van der Waals surface area contributed by atoms with E-state index in [1.54, 1.807) is 12.1 Å². The van der Waals surface area contributed by atoms with Gasteiger partial charge in [-0.15, -0.1) is 0 Å². The molecule has 1 aliphatic carbocycles. The molecule has 2 amide bonds. The third-order valence-electron chi connectivity index (χ3n) is 3.30. The quantitative estimate of drug-likeness (QED) is 0.733. The molecule has 1 fully saturated rings. The second-order valence-corrected chi connectivity index (χ2v) is 5.71. The van der Waals surface area contributed by atoms with Crippen LogP contribution in [-0.4, -0.2) is 29.4 Å². The lowest BCUT2D eigenvalue weighted by Crippen LogP contribution is -2.31. The van der Waals surface area contributed by atoms with Crippen LogP contribution in [0.4, 0.5) is 5.82 Å². The summed E-state index contributed by atoms with van der Waals surface area (Å²) in [6.45, 7) is 4.30. The van der Waals surface area contributed by atoms with Gasteiger partial charge in [-0.05, 0) is 30.9 Å². The van der Waals surface area contributed by atoms with E-state index in [9.17, 15) is 9.59 Å². The smallest absolute Gasteiger partial charge is 0.251 e. The van der Waals surface area contributed by atoms with E-state index in [2.05, 4.69) is 15.6 Å². The van der Waals surface area contributed by atoms with Gasteiger partial charge >= 0.3 is 0 Å². The first-order valence-corrected chi connectivity index (χ1v) is 7.30. The number of rotatable bonds is 6. The van der Waals surface area contributed by atoms with E-state index < -0.39 is 0 Å². The Morgan fingerprint density at radius 2 is 2.10 bits per heavy atom. The molecule has 1 saturated carbocycles. The zero-order valence-electron chi connectivity index (χ0n) is 12.5. The first-order valence-electron chi connectivity index (χ1n) is 7.30. The largest absolute Gasteiger partial charge is 0.384 e. The Labute approximate surface area is 124 Å². The number of anilines is 1. The summed E-state index contributed by atoms with van der Waals surface area (Å²) in [5, 5.41) is 5.61. The molecule has 4 N–H and O–H groups in total. The van der Waals surface area contributed by atoms with E-state index in [0.29, 0.717) is 30.4 Å². The molecule has 0 unspecified atom stereocenters. The van der Waals surface area contributed by atoms with Gasteiger partial charge in [-0.1, -0.05) is 13.8 Å². The standard InChI is InChI=1S/C15H22N4O2/c1-9(2)12-7-10(8-13(16)19-12)15(21)17-6-5-14(20)18-11-3-4-11/h7-9,11H,3-6H2,1-2H3,(H2,16,19)(H,17,21)(H,18,20). The minimum Gasteiger partial charge on any atom is -0.384 e. The Balaban J connectivity index is 1.86. The van der Waals surface area contributed by atoms with Crippen molar-refractivity contribution in [1.82, 2.24) is 15.6 Å². The van der Waals surface area contributed by atoms with Gasteiger partial charge in [0.25, 0.3) is 5.91 Å². The average molecular weight is 290 g/mol. The molecular formula is C15H22N4O2. The fourth-order valence-electron chi connectivity index (χ4n) is 1.92. The minimum atomic E-state index is -0.231. The lowest BCUT2D eigenvalue weighted by Gasteiger charge is -2.10. The summed E-state index contributed by atoms with van der Waals surface area (Å²) in [6, 6.07) is 3.63. The topological polar surface area (TPSA) is 97.1 Å². The molecule has 0 aliphatic heterocycles. The average Bonchev–Trinajstić information content (AvgIpc) is 3.21. The van der Waals surface area contributed by atoms with Crippen molar-refractivity contribution in [2.75, 3.05) is 12.3 Å². The first kappa shape index (κ1) is 15.3. The van der Waals surface area contributed by atoms with Crippen molar-refractivity contribution in [3.63, 3.8) is 0 Å². The highest BCUT2D eigenvalue weighted by atomic mass is 16.2. The summed E-state index contributed by atoms with van der Waals surface area (Å²) in [4.78, 5) is 27.8. The second kappa shape index (κ2) is 6.56. The van der Waals surface area contributed by atoms with Crippen molar-refractivity contribution >= 4 is 17.6 Å². The van der Waals surface area contributed by atoms with E-state index in [1.165, 1.54) is 0 Å². The summed E-state index contributed by atoms with van der Waals surface area (Å²) in [5.41, 5.74) is 6.98. The fourth-order valence-corrected chi connectivity index (χ4v) is 1.92. The number of carbonyl (C=O) groups is 2. The van der Waals surface area contributed by atoms with Crippen LogP contribution in [0.2, 0.25) is 0 Å². The predicted octanol–water partition coefficient (Wildman–Crippen LogP) is 1.19. The number of nitrogens with two attached hydrogens (primary N) is 1. The molecule has 0 atom stereocenters. The van der Waals surface area contributed by atoms with Gasteiger partial charge in [-0.2, -0.15) is 0 Å². The summed E-state index contributed by atoms with van der Waals surface area (Å²) >= 11 is 0. The molecule has 0 bridgehead atoms. The number of aromatic nitrogens is 1. The normalized spacial score (nSPS) is 14.0. The molecule has 6 nitrogen and oxygen atoms in total. The molecule has 0 spiro atoms. The van der Waals surface area contributed by atoms with Gasteiger partial charge in [0.15, 0.2) is 0 Å². The number of carbonyl (C=O) groups excluding carboxylic acids is 2. The Bertz CT molecular complexity index is 538. The Kier molecular flexibility index (Phi) is 4.77. The maximum atomic E-state index is 12.1. The molecule has 1 aromatic heterocycles. The Morgan fingerprint density at radius 3 is 2.71 bits per heavy atom. The summed E-state index contributed by atoms with van der Waals surface area (Å²) in [7, 11) is 0. The lowest BCUT2D eigenvalue weighted by atomic mass is 10.1. The molecule has 1 aromatic rings. The molecule has 1 aliphatic rings. The van der Waals surface area contributed by atoms with Crippen LogP contribution < -0.4 is 16.4 Å². The number of nitrogen functional groups attached to an aromatic ring is 1. The molecule has 6 heteroatoms. The molecular weight excluding hydrogens is 268 g/mol. The zero-order valence-corrected chi connectivity index (χ0v) is 12.5. The Morgan fingerprint density at radius 1 is 1.38 bits per heavy atom. The zero-order chi connectivity index (χ0) is 15.4. The number of hydrogen-bond donors (Lipinski definition) is 3. The number of hydrogen-bond acceptors (Lipinski definition) is 4. The molecule has 21 heavy (non-hydrogen) atoms. The maximum absolute atomic E-state index is 12.1. The molecule has 2 rings (SSSR count). The predicted molar refractivity (Wildman–Crippen MR) is 80.9 cm³/mol. The van der Waals surface area contributed by atoms with Gasteiger partial charge in [0.05, 0.1) is 0 Å². The highest BCUT2D eigenvalue weighted by molar-refractivity contribution is 5.95. The van der Waals surface area contributed by atoms with E-state index >= 15 is 0 Å². The molecule has 0 radical (unpaired) electrons. The minimum absolute atomic E-state index is 0.0186. The monoisotopic (exact) mass is 290 g/mol. The van der Waals surface area contributed by atoms with Crippen LogP contribution in [-0.2, 0) is 4.79 Å².